The van der Waals surface area contributed by atoms with E-state index in [4.69, 9.17) is 4.74 Å². The Balaban J connectivity index is 1.61. The van der Waals surface area contributed by atoms with Crippen molar-refractivity contribution in [3.05, 3.63) is 71.7 Å². The molecule has 3 aromatic rings. The van der Waals surface area contributed by atoms with E-state index in [-0.39, 0.29) is 11.6 Å². The van der Waals surface area contributed by atoms with Crippen LogP contribution in [0.5, 0.6) is 5.75 Å². The van der Waals surface area contributed by atoms with Crippen LogP contribution in [0.25, 0.3) is 0 Å². The van der Waals surface area contributed by atoms with Crippen LogP contribution in [0, 0.1) is 17.5 Å². The molecule has 0 fully saturated rings. The molecule has 1 aromatic heterocycles. The van der Waals surface area contributed by atoms with Crippen molar-refractivity contribution in [2.75, 3.05) is 24.3 Å². The molecule has 0 aliphatic carbocycles. The number of halogens is 3. The number of hydrogen-bond donors (Lipinski definition) is 2. The van der Waals surface area contributed by atoms with Gasteiger partial charge in [-0.2, -0.15) is 4.98 Å². The Hall–Kier alpha value is -3.29. The molecule has 0 radical (unpaired) electrons. The molecule has 8 heteroatoms. The van der Waals surface area contributed by atoms with E-state index in [1.54, 1.807) is 13.2 Å². The number of hydrogen-bond acceptors (Lipinski definition) is 5. The van der Waals surface area contributed by atoms with E-state index in [1.807, 2.05) is 24.3 Å². The van der Waals surface area contributed by atoms with Gasteiger partial charge in [0.25, 0.3) is 0 Å². The molecular formula is C19H17F3N4O. The highest BCUT2D eigenvalue weighted by Gasteiger charge is 2.14. The van der Waals surface area contributed by atoms with Crippen LogP contribution in [0.2, 0.25) is 0 Å². The van der Waals surface area contributed by atoms with Crippen LogP contribution >= 0.6 is 0 Å². The predicted octanol–water partition coefficient (Wildman–Crippen LogP) is 4.30. The van der Waals surface area contributed by atoms with Gasteiger partial charge in [-0.25, -0.2) is 18.2 Å². The lowest BCUT2D eigenvalue weighted by Gasteiger charge is -2.10. The number of ether oxygens (including phenoxy) is 1. The molecule has 0 amide bonds. The molecule has 1 heterocycles. The van der Waals surface area contributed by atoms with Crippen molar-refractivity contribution in [2.24, 2.45) is 0 Å². The number of benzene rings is 2. The van der Waals surface area contributed by atoms with Crippen molar-refractivity contribution < 1.29 is 17.9 Å². The summed E-state index contributed by atoms with van der Waals surface area (Å²) in [6, 6.07) is 11.3. The summed E-state index contributed by atoms with van der Waals surface area (Å²) in [5, 5.41) is 5.68. The van der Waals surface area contributed by atoms with Gasteiger partial charge in [0, 0.05) is 12.7 Å². The standard InChI is InChI=1S/C19H17F3N4O/c1-27-13-4-2-12(3-5-13)8-10-23-16-9-11-24-19(26-16)25-15-7-6-14(20)17(21)18(15)22/h2-7,9,11H,8,10H2,1H3,(H2,23,24,25,26). The summed E-state index contributed by atoms with van der Waals surface area (Å²) in [7, 11) is 1.61. The third kappa shape index (κ3) is 4.66. The summed E-state index contributed by atoms with van der Waals surface area (Å²) < 4.78 is 45.1. The number of anilines is 3. The largest absolute Gasteiger partial charge is 0.497 e. The van der Waals surface area contributed by atoms with Crippen LogP contribution in [0.15, 0.2) is 48.7 Å². The number of nitrogens with zero attached hydrogens (tertiary/aromatic N) is 2. The van der Waals surface area contributed by atoms with E-state index in [1.165, 1.54) is 6.20 Å². The SMILES string of the molecule is COc1ccc(CCNc2ccnc(Nc3ccc(F)c(F)c3F)n2)cc1. The predicted molar refractivity (Wildman–Crippen MR) is 96.8 cm³/mol. The quantitative estimate of drug-likeness (QED) is 0.604. The van der Waals surface area contributed by atoms with E-state index in [0.717, 1.165) is 29.9 Å². The maximum atomic E-state index is 13.7. The van der Waals surface area contributed by atoms with Gasteiger partial charge < -0.3 is 15.4 Å². The molecule has 0 aliphatic heterocycles. The molecule has 0 bridgehead atoms. The molecule has 0 saturated carbocycles. The van der Waals surface area contributed by atoms with Crippen molar-refractivity contribution in [2.45, 2.75) is 6.42 Å². The Morgan fingerprint density at radius 3 is 2.48 bits per heavy atom. The number of rotatable bonds is 7. The van der Waals surface area contributed by atoms with Gasteiger partial charge in [-0.3, -0.25) is 0 Å². The van der Waals surface area contributed by atoms with Crippen molar-refractivity contribution in [1.29, 1.82) is 0 Å². The van der Waals surface area contributed by atoms with Crippen molar-refractivity contribution in [3.8, 4) is 5.75 Å². The second-order valence-electron chi connectivity index (χ2n) is 5.64. The minimum absolute atomic E-state index is 0.0642. The average molecular weight is 374 g/mol. The number of methoxy groups -OCH3 is 1. The normalized spacial score (nSPS) is 10.5. The van der Waals surface area contributed by atoms with Gasteiger partial charge in [-0.15, -0.1) is 0 Å². The van der Waals surface area contributed by atoms with Gasteiger partial charge >= 0.3 is 0 Å². The summed E-state index contributed by atoms with van der Waals surface area (Å²) in [6.45, 7) is 0.613. The highest BCUT2D eigenvalue weighted by molar-refractivity contribution is 5.55. The molecule has 0 atom stereocenters. The molecule has 27 heavy (non-hydrogen) atoms. The van der Waals surface area contributed by atoms with Crippen LogP contribution < -0.4 is 15.4 Å². The fourth-order valence-electron chi connectivity index (χ4n) is 2.39. The molecule has 0 unspecified atom stereocenters. The third-order valence-corrected chi connectivity index (χ3v) is 3.82. The van der Waals surface area contributed by atoms with Gasteiger partial charge in [0.05, 0.1) is 12.8 Å². The van der Waals surface area contributed by atoms with E-state index >= 15 is 0 Å². The van der Waals surface area contributed by atoms with Crippen LogP contribution in [0.4, 0.5) is 30.6 Å². The lowest BCUT2D eigenvalue weighted by atomic mass is 10.1. The fourth-order valence-corrected chi connectivity index (χ4v) is 2.39. The second kappa shape index (κ2) is 8.39. The first-order chi connectivity index (χ1) is 13.1. The Bertz CT molecular complexity index is 919. The summed E-state index contributed by atoms with van der Waals surface area (Å²) >= 11 is 0. The molecule has 0 aliphatic rings. The first kappa shape index (κ1) is 18.5. The molecule has 140 valence electrons. The minimum Gasteiger partial charge on any atom is -0.497 e. The first-order valence-electron chi connectivity index (χ1n) is 8.17. The zero-order valence-electron chi connectivity index (χ0n) is 14.5. The molecule has 5 nitrogen and oxygen atoms in total. The monoisotopic (exact) mass is 374 g/mol. The summed E-state index contributed by atoms with van der Waals surface area (Å²) in [5.74, 6) is -2.75. The molecule has 0 spiro atoms. The van der Waals surface area contributed by atoms with Crippen LogP contribution in [-0.2, 0) is 6.42 Å². The fraction of sp³-hybridized carbons (Fsp3) is 0.158. The zero-order valence-corrected chi connectivity index (χ0v) is 14.5. The van der Waals surface area contributed by atoms with Gasteiger partial charge in [0.2, 0.25) is 5.95 Å². The number of nitrogens with one attached hydrogen (secondary N) is 2. The zero-order chi connectivity index (χ0) is 19.2. The van der Waals surface area contributed by atoms with Crippen LogP contribution in [-0.4, -0.2) is 23.6 Å². The average Bonchev–Trinajstić information content (AvgIpc) is 2.69. The van der Waals surface area contributed by atoms with E-state index in [0.29, 0.717) is 12.4 Å². The van der Waals surface area contributed by atoms with E-state index < -0.39 is 17.5 Å². The molecule has 0 saturated heterocycles. The van der Waals surface area contributed by atoms with Gasteiger partial charge in [0.1, 0.15) is 11.6 Å². The van der Waals surface area contributed by atoms with Gasteiger partial charge in [-0.05, 0) is 42.3 Å². The lowest BCUT2D eigenvalue weighted by Crippen LogP contribution is -2.08. The molecule has 2 aromatic carbocycles. The minimum atomic E-state index is -1.55. The van der Waals surface area contributed by atoms with Crippen molar-refractivity contribution >= 4 is 17.5 Å². The smallest absolute Gasteiger partial charge is 0.229 e. The van der Waals surface area contributed by atoms with Crippen molar-refractivity contribution in [1.82, 2.24) is 9.97 Å². The summed E-state index contributed by atoms with van der Waals surface area (Å²) in [4.78, 5) is 8.14. The second-order valence-corrected chi connectivity index (χ2v) is 5.64. The molecule has 3 rings (SSSR count). The highest BCUT2D eigenvalue weighted by atomic mass is 19.2. The molecule has 2 N–H and O–H groups in total. The van der Waals surface area contributed by atoms with Crippen molar-refractivity contribution in [3.63, 3.8) is 0 Å². The Morgan fingerprint density at radius 1 is 0.963 bits per heavy atom. The maximum Gasteiger partial charge on any atom is 0.229 e. The molecular weight excluding hydrogens is 357 g/mol. The van der Waals surface area contributed by atoms with E-state index in [2.05, 4.69) is 20.6 Å². The Kier molecular flexibility index (Phi) is 5.75. The van der Waals surface area contributed by atoms with Crippen LogP contribution in [0.1, 0.15) is 5.56 Å². The van der Waals surface area contributed by atoms with E-state index in [9.17, 15) is 13.2 Å². The highest BCUT2D eigenvalue weighted by Crippen LogP contribution is 2.22. The Labute approximate surface area is 154 Å². The topological polar surface area (TPSA) is 59.1 Å². The third-order valence-electron chi connectivity index (χ3n) is 3.82. The Morgan fingerprint density at radius 2 is 1.74 bits per heavy atom. The van der Waals surface area contributed by atoms with Crippen LogP contribution in [0.3, 0.4) is 0 Å². The van der Waals surface area contributed by atoms with Gasteiger partial charge in [-0.1, -0.05) is 12.1 Å². The summed E-state index contributed by atoms with van der Waals surface area (Å²) in [6.07, 6.45) is 2.23. The number of aromatic nitrogens is 2. The lowest BCUT2D eigenvalue weighted by molar-refractivity contribution is 0.414. The van der Waals surface area contributed by atoms with Gasteiger partial charge in [0.15, 0.2) is 17.5 Å². The maximum absolute atomic E-state index is 13.7. The summed E-state index contributed by atoms with van der Waals surface area (Å²) in [5.41, 5.74) is 0.879. The first-order valence-corrected chi connectivity index (χ1v) is 8.17.